The van der Waals surface area contributed by atoms with Gasteiger partial charge in [0.15, 0.2) is 0 Å². The van der Waals surface area contributed by atoms with Gasteiger partial charge in [-0.25, -0.2) is 0 Å². The van der Waals surface area contributed by atoms with Crippen molar-refractivity contribution < 1.29 is 19.1 Å². The minimum atomic E-state index is -0.396. The molecule has 0 saturated carbocycles. The van der Waals surface area contributed by atoms with Crippen molar-refractivity contribution in [1.82, 2.24) is 9.88 Å². The lowest BCUT2D eigenvalue weighted by atomic mass is 10.0. The van der Waals surface area contributed by atoms with Crippen LogP contribution < -0.4 is 10.1 Å². The topological polar surface area (TPSA) is 80.8 Å². The molecule has 0 unspecified atom stereocenters. The Morgan fingerprint density at radius 2 is 2.16 bits per heavy atom. The van der Waals surface area contributed by atoms with Gasteiger partial charge in [-0.15, -0.1) is 0 Å². The lowest BCUT2D eigenvalue weighted by Crippen LogP contribution is -2.45. The van der Waals surface area contributed by atoms with E-state index in [-0.39, 0.29) is 17.7 Å². The Morgan fingerprint density at radius 3 is 2.90 bits per heavy atom. The Kier molecular flexibility index (Phi) is 8.28. The molecule has 1 aromatic carbocycles. The third kappa shape index (κ3) is 5.75. The molecule has 0 bridgehead atoms. The molecule has 1 fully saturated rings. The quantitative estimate of drug-likeness (QED) is 0.545. The highest BCUT2D eigenvalue weighted by atomic mass is 79.9. The molecule has 31 heavy (non-hydrogen) atoms. The number of methoxy groups -OCH3 is 1. The van der Waals surface area contributed by atoms with Gasteiger partial charge in [0.2, 0.25) is 0 Å². The van der Waals surface area contributed by atoms with Crippen molar-refractivity contribution in [2.45, 2.75) is 38.8 Å². The number of nitrogens with one attached hydrogen (secondary N) is 1. The summed E-state index contributed by atoms with van der Waals surface area (Å²) in [4.78, 5) is 31.4. The number of aromatic nitrogens is 1. The predicted octanol–water partition coefficient (Wildman–Crippen LogP) is 4.68. The van der Waals surface area contributed by atoms with E-state index in [0.29, 0.717) is 34.1 Å². The van der Waals surface area contributed by atoms with Gasteiger partial charge < -0.3 is 14.8 Å². The molecule has 1 N–H and O–H groups in total. The fourth-order valence-corrected chi connectivity index (χ4v) is 4.13. The lowest BCUT2D eigenvalue weighted by Gasteiger charge is -2.34. The first-order valence-electron chi connectivity index (χ1n) is 10.1. The van der Waals surface area contributed by atoms with Crippen molar-refractivity contribution in [3.8, 4) is 5.75 Å². The van der Waals surface area contributed by atoms with Gasteiger partial charge >= 0.3 is 5.97 Å². The largest absolute Gasteiger partial charge is 0.496 e. The van der Waals surface area contributed by atoms with E-state index in [1.165, 1.54) is 0 Å². The molecular formula is C22H25BrClN3O4. The summed E-state index contributed by atoms with van der Waals surface area (Å²) in [5, 5.41) is 3.18. The third-order valence-electron chi connectivity index (χ3n) is 5.14. The van der Waals surface area contributed by atoms with E-state index in [4.69, 9.17) is 21.1 Å². The van der Waals surface area contributed by atoms with Crippen molar-refractivity contribution in [2.24, 2.45) is 0 Å². The molecule has 1 saturated heterocycles. The highest BCUT2D eigenvalue weighted by Crippen LogP contribution is 2.30. The van der Waals surface area contributed by atoms with E-state index in [0.717, 1.165) is 31.4 Å². The summed E-state index contributed by atoms with van der Waals surface area (Å²) < 4.78 is 11.4. The molecule has 9 heteroatoms. The average Bonchev–Trinajstić information content (AvgIpc) is 2.77. The first-order chi connectivity index (χ1) is 14.9. The highest BCUT2D eigenvalue weighted by Gasteiger charge is 2.30. The molecule has 0 aliphatic carbocycles. The van der Waals surface area contributed by atoms with Crippen molar-refractivity contribution in [2.75, 3.05) is 25.6 Å². The molecule has 1 atom stereocenters. The van der Waals surface area contributed by atoms with E-state index < -0.39 is 5.91 Å². The number of esters is 1. The van der Waals surface area contributed by atoms with Crippen LogP contribution in [0, 0.1) is 0 Å². The number of rotatable bonds is 7. The number of benzene rings is 1. The maximum absolute atomic E-state index is 12.7. The van der Waals surface area contributed by atoms with Gasteiger partial charge in [0.1, 0.15) is 17.5 Å². The Bertz CT molecular complexity index is 956. The van der Waals surface area contributed by atoms with Crippen LogP contribution in [0.2, 0.25) is 5.02 Å². The standard InChI is InChI=1S/C22H25BrClN3O4/c1-3-31-22(29)18-9-4-5-10-27(18)13-14-12-25-17(11-19(14)30-2)21(28)26-16-8-6-7-15(23)20(16)24/h6-8,11-12,18H,3-5,9-10,13H2,1-2H3,(H,26,28)/t18-/m0/s1. The summed E-state index contributed by atoms with van der Waals surface area (Å²) in [6.45, 7) is 3.44. The third-order valence-corrected chi connectivity index (χ3v) is 6.44. The van der Waals surface area contributed by atoms with Crippen molar-refractivity contribution >= 4 is 45.1 Å². The number of halogens is 2. The van der Waals surface area contributed by atoms with Gasteiger partial charge in [-0.2, -0.15) is 0 Å². The van der Waals surface area contributed by atoms with Crippen LogP contribution >= 0.6 is 27.5 Å². The van der Waals surface area contributed by atoms with Crippen LogP contribution in [0.5, 0.6) is 5.75 Å². The number of anilines is 1. The summed E-state index contributed by atoms with van der Waals surface area (Å²) in [7, 11) is 1.55. The number of pyridine rings is 1. The van der Waals surface area contributed by atoms with Crippen LogP contribution in [-0.2, 0) is 16.1 Å². The summed E-state index contributed by atoms with van der Waals surface area (Å²) >= 11 is 9.57. The number of nitrogens with zero attached hydrogens (tertiary/aromatic N) is 2. The SMILES string of the molecule is CCOC(=O)[C@@H]1CCCCN1Cc1cnc(C(=O)Nc2cccc(Br)c2Cl)cc1OC. The molecule has 166 valence electrons. The highest BCUT2D eigenvalue weighted by molar-refractivity contribution is 9.10. The second-order valence-electron chi connectivity index (χ2n) is 7.17. The molecule has 1 amide bonds. The second-order valence-corrected chi connectivity index (χ2v) is 8.40. The molecule has 1 aliphatic rings. The molecule has 2 heterocycles. The van der Waals surface area contributed by atoms with Crippen LogP contribution in [0.4, 0.5) is 5.69 Å². The van der Waals surface area contributed by atoms with E-state index in [2.05, 4.69) is 31.1 Å². The zero-order valence-corrected chi connectivity index (χ0v) is 19.8. The van der Waals surface area contributed by atoms with Gasteiger partial charge in [-0.05, 0) is 54.4 Å². The number of amides is 1. The molecule has 0 spiro atoms. The van der Waals surface area contributed by atoms with Crippen LogP contribution in [0.25, 0.3) is 0 Å². The van der Waals surface area contributed by atoms with Crippen molar-refractivity contribution in [1.29, 1.82) is 0 Å². The average molecular weight is 511 g/mol. The Hall–Kier alpha value is -2.16. The number of hydrogen-bond acceptors (Lipinski definition) is 6. The van der Waals surface area contributed by atoms with Crippen LogP contribution in [0.3, 0.4) is 0 Å². The fraction of sp³-hybridized carbons (Fsp3) is 0.409. The van der Waals surface area contributed by atoms with E-state index in [9.17, 15) is 9.59 Å². The monoisotopic (exact) mass is 509 g/mol. The summed E-state index contributed by atoms with van der Waals surface area (Å²) in [6.07, 6.45) is 4.39. The second kappa shape index (κ2) is 10.9. The van der Waals surface area contributed by atoms with E-state index >= 15 is 0 Å². The molecule has 7 nitrogen and oxygen atoms in total. The maximum atomic E-state index is 12.7. The van der Waals surface area contributed by atoms with Crippen LogP contribution in [0.1, 0.15) is 42.2 Å². The molecular weight excluding hydrogens is 486 g/mol. The Balaban J connectivity index is 1.77. The normalized spacial score (nSPS) is 16.6. The van der Waals surface area contributed by atoms with E-state index in [1.807, 2.05) is 6.92 Å². The molecule has 0 radical (unpaired) electrons. The summed E-state index contributed by atoms with van der Waals surface area (Å²) in [5.41, 5.74) is 1.49. The number of piperidine rings is 1. The van der Waals surface area contributed by atoms with Crippen molar-refractivity contribution in [3.05, 3.63) is 51.2 Å². The minimum absolute atomic E-state index is 0.198. The predicted molar refractivity (Wildman–Crippen MR) is 123 cm³/mol. The number of carbonyl (C=O) groups is 2. The van der Waals surface area contributed by atoms with Gasteiger partial charge in [0.05, 0.1) is 24.4 Å². The molecule has 2 aromatic rings. The molecule has 3 rings (SSSR count). The summed E-state index contributed by atoms with van der Waals surface area (Å²) in [6, 6.07) is 6.60. The zero-order valence-electron chi connectivity index (χ0n) is 17.5. The number of hydrogen-bond donors (Lipinski definition) is 1. The molecule has 1 aliphatic heterocycles. The first kappa shape index (κ1) is 23.5. The zero-order chi connectivity index (χ0) is 22.4. The van der Waals surface area contributed by atoms with Crippen molar-refractivity contribution in [3.63, 3.8) is 0 Å². The number of ether oxygens (including phenoxy) is 2. The van der Waals surface area contributed by atoms with Gasteiger partial charge in [-0.3, -0.25) is 19.5 Å². The Morgan fingerprint density at radius 1 is 1.35 bits per heavy atom. The maximum Gasteiger partial charge on any atom is 0.323 e. The summed E-state index contributed by atoms with van der Waals surface area (Å²) in [5.74, 6) is -0.0584. The van der Waals surface area contributed by atoms with Gasteiger partial charge in [0.25, 0.3) is 5.91 Å². The fourth-order valence-electron chi connectivity index (χ4n) is 3.59. The Labute approximate surface area is 195 Å². The number of carbonyl (C=O) groups excluding carboxylic acids is 2. The number of likely N-dealkylation sites (tertiary alicyclic amines) is 1. The van der Waals surface area contributed by atoms with Crippen LogP contribution in [-0.4, -0.2) is 48.1 Å². The van der Waals surface area contributed by atoms with E-state index in [1.54, 1.807) is 37.6 Å². The van der Waals surface area contributed by atoms with Gasteiger partial charge in [0, 0.05) is 28.8 Å². The lowest BCUT2D eigenvalue weighted by molar-refractivity contribution is -0.151. The van der Waals surface area contributed by atoms with Crippen LogP contribution in [0.15, 0.2) is 34.9 Å². The smallest absolute Gasteiger partial charge is 0.323 e. The minimum Gasteiger partial charge on any atom is -0.496 e. The first-order valence-corrected chi connectivity index (χ1v) is 11.3. The molecule has 1 aromatic heterocycles. The van der Waals surface area contributed by atoms with Gasteiger partial charge in [-0.1, -0.05) is 24.1 Å².